The average Bonchev–Trinajstić information content (AvgIpc) is 3.24. The second-order valence-electron chi connectivity index (χ2n) is 9.01. The standard InChI is InChI=1S/C25H26ClFN6O2/c1-14(25(2,3)35)30-22-10-21-16(11-28-22)6-8-20(31-21)24(34)32-23(17-12-29-33(4)13-17)15-5-7-18(26)19(27)9-15/h5-14,23,35H,1-4H3,(H,28,30)(H,32,34)/t14-,23-/m0/s1. The maximum absolute atomic E-state index is 14.2. The van der Waals surface area contributed by atoms with Crippen molar-refractivity contribution in [3.05, 3.63) is 82.6 Å². The van der Waals surface area contributed by atoms with E-state index in [2.05, 4.69) is 25.7 Å². The number of hydrogen-bond acceptors (Lipinski definition) is 6. The van der Waals surface area contributed by atoms with Crippen LogP contribution in [0.1, 0.15) is 48.4 Å². The van der Waals surface area contributed by atoms with Crippen LogP contribution in [0.5, 0.6) is 0 Å². The monoisotopic (exact) mass is 496 g/mol. The number of aliphatic hydroxyl groups is 1. The number of benzene rings is 1. The Morgan fingerprint density at radius 1 is 1.17 bits per heavy atom. The van der Waals surface area contributed by atoms with Crippen molar-refractivity contribution in [2.24, 2.45) is 7.05 Å². The number of aryl methyl sites for hydroxylation is 1. The van der Waals surface area contributed by atoms with Crippen LogP contribution >= 0.6 is 11.6 Å². The molecule has 10 heteroatoms. The van der Waals surface area contributed by atoms with Gasteiger partial charge in [-0.2, -0.15) is 5.10 Å². The lowest BCUT2D eigenvalue weighted by Gasteiger charge is -2.27. The fourth-order valence-electron chi connectivity index (χ4n) is 3.47. The number of amides is 1. The molecule has 182 valence electrons. The molecule has 0 fully saturated rings. The van der Waals surface area contributed by atoms with E-state index in [0.29, 0.717) is 22.5 Å². The van der Waals surface area contributed by atoms with Crippen molar-refractivity contribution in [2.75, 3.05) is 5.32 Å². The van der Waals surface area contributed by atoms with Gasteiger partial charge in [0.15, 0.2) is 0 Å². The Bertz CT molecular complexity index is 1380. The summed E-state index contributed by atoms with van der Waals surface area (Å²) in [6.45, 7) is 5.26. The SMILES string of the molecule is C[C@H](Nc1cc2nc(C(=O)N[C@@H](c3ccc(Cl)c(F)c3)c3cnn(C)c3)ccc2cn1)C(C)(C)O. The Balaban J connectivity index is 1.63. The van der Waals surface area contributed by atoms with Gasteiger partial charge in [-0.1, -0.05) is 17.7 Å². The van der Waals surface area contributed by atoms with E-state index in [1.807, 2.05) is 6.92 Å². The minimum Gasteiger partial charge on any atom is -0.388 e. The summed E-state index contributed by atoms with van der Waals surface area (Å²) in [6.07, 6.45) is 5.01. The highest BCUT2D eigenvalue weighted by atomic mass is 35.5. The van der Waals surface area contributed by atoms with E-state index in [-0.39, 0.29) is 16.8 Å². The second-order valence-corrected chi connectivity index (χ2v) is 9.41. The first-order valence-corrected chi connectivity index (χ1v) is 11.4. The van der Waals surface area contributed by atoms with Crippen molar-refractivity contribution in [1.82, 2.24) is 25.1 Å². The largest absolute Gasteiger partial charge is 0.388 e. The maximum atomic E-state index is 14.2. The summed E-state index contributed by atoms with van der Waals surface area (Å²) < 4.78 is 15.8. The van der Waals surface area contributed by atoms with Crippen LogP contribution in [0.15, 0.2) is 55.0 Å². The number of rotatable bonds is 7. The Morgan fingerprint density at radius 3 is 2.60 bits per heavy atom. The molecule has 8 nitrogen and oxygen atoms in total. The highest BCUT2D eigenvalue weighted by molar-refractivity contribution is 6.30. The van der Waals surface area contributed by atoms with Gasteiger partial charge in [-0.05, 0) is 50.6 Å². The molecule has 3 N–H and O–H groups in total. The molecule has 3 heterocycles. The molecule has 0 saturated heterocycles. The third-order valence-corrected chi connectivity index (χ3v) is 6.15. The van der Waals surface area contributed by atoms with Crippen LogP contribution in [0, 0.1) is 5.82 Å². The number of fused-ring (bicyclic) bond motifs is 1. The zero-order chi connectivity index (χ0) is 25.3. The Hall–Kier alpha value is -3.56. The lowest BCUT2D eigenvalue weighted by molar-refractivity contribution is 0.0648. The molecular weight excluding hydrogens is 471 g/mol. The zero-order valence-corrected chi connectivity index (χ0v) is 20.5. The van der Waals surface area contributed by atoms with Gasteiger partial charge in [-0.25, -0.2) is 14.4 Å². The molecule has 0 spiro atoms. The Labute approximate surface area is 207 Å². The number of aromatic nitrogens is 4. The van der Waals surface area contributed by atoms with E-state index >= 15 is 0 Å². The fraction of sp³-hybridized carbons (Fsp3) is 0.280. The number of pyridine rings is 2. The first kappa shape index (κ1) is 24.6. The average molecular weight is 497 g/mol. The van der Waals surface area contributed by atoms with Crippen LogP contribution in [0.4, 0.5) is 10.2 Å². The molecule has 0 saturated carbocycles. The van der Waals surface area contributed by atoms with E-state index < -0.39 is 23.4 Å². The number of carbonyl (C=O) groups is 1. The Kier molecular flexibility index (Phi) is 6.73. The lowest BCUT2D eigenvalue weighted by atomic mass is 10.0. The molecule has 0 radical (unpaired) electrons. The van der Waals surface area contributed by atoms with Crippen molar-refractivity contribution < 1.29 is 14.3 Å². The number of nitrogens with zero attached hydrogens (tertiary/aromatic N) is 4. The van der Waals surface area contributed by atoms with Gasteiger partial charge in [-0.3, -0.25) is 9.48 Å². The minimum absolute atomic E-state index is 0.00173. The molecule has 1 amide bonds. The van der Waals surface area contributed by atoms with Gasteiger partial charge in [0.1, 0.15) is 17.3 Å². The number of nitrogens with one attached hydrogen (secondary N) is 2. The number of hydrogen-bond donors (Lipinski definition) is 3. The third kappa shape index (κ3) is 5.58. The molecule has 35 heavy (non-hydrogen) atoms. The van der Waals surface area contributed by atoms with Gasteiger partial charge in [-0.15, -0.1) is 0 Å². The van der Waals surface area contributed by atoms with Gasteiger partial charge in [0, 0.05) is 36.5 Å². The van der Waals surface area contributed by atoms with Gasteiger partial charge < -0.3 is 15.7 Å². The normalized spacial score (nSPS) is 13.5. The van der Waals surface area contributed by atoms with Gasteiger partial charge in [0.25, 0.3) is 5.91 Å². The van der Waals surface area contributed by atoms with Crippen LogP contribution < -0.4 is 10.6 Å². The molecule has 0 unspecified atom stereocenters. The zero-order valence-electron chi connectivity index (χ0n) is 19.8. The van der Waals surface area contributed by atoms with Crippen molar-refractivity contribution in [1.29, 1.82) is 0 Å². The van der Waals surface area contributed by atoms with Crippen LogP contribution in [0.3, 0.4) is 0 Å². The summed E-state index contributed by atoms with van der Waals surface area (Å²) in [4.78, 5) is 22.1. The van der Waals surface area contributed by atoms with Crippen LogP contribution in [0.2, 0.25) is 5.02 Å². The first-order valence-electron chi connectivity index (χ1n) is 11.0. The molecule has 3 aromatic heterocycles. The van der Waals surface area contributed by atoms with E-state index in [1.165, 1.54) is 12.1 Å². The summed E-state index contributed by atoms with van der Waals surface area (Å²) in [6, 6.07) is 8.56. The van der Waals surface area contributed by atoms with E-state index in [4.69, 9.17) is 11.6 Å². The topological polar surface area (TPSA) is 105 Å². The van der Waals surface area contributed by atoms with Crippen LogP contribution in [-0.2, 0) is 7.05 Å². The molecular formula is C25H26ClFN6O2. The molecule has 1 aromatic carbocycles. The predicted molar refractivity (Wildman–Crippen MR) is 133 cm³/mol. The molecule has 4 aromatic rings. The van der Waals surface area contributed by atoms with Crippen molar-refractivity contribution in [3.8, 4) is 0 Å². The molecule has 4 rings (SSSR count). The molecule has 0 aliphatic rings. The van der Waals surface area contributed by atoms with Gasteiger partial charge in [0.2, 0.25) is 0 Å². The highest BCUT2D eigenvalue weighted by Crippen LogP contribution is 2.26. The van der Waals surface area contributed by atoms with E-state index in [9.17, 15) is 14.3 Å². The van der Waals surface area contributed by atoms with Crippen LogP contribution in [-0.4, -0.2) is 42.4 Å². The first-order chi connectivity index (χ1) is 16.5. The Morgan fingerprint density at radius 2 is 1.94 bits per heavy atom. The second kappa shape index (κ2) is 9.59. The molecule has 0 aliphatic heterocycles. The fourth-order valence-corrected chi connectivity index (χ4v) is 3.58. The summed E-state index contributed by atoms with van der Waals surface area (Å²) in [5.74, 6) is -0.488. The van der Waals surface area contributed by atoms with Gasteiger partial charge in [0.05, 0.1) is 34.4 Å². The smallest absolute Gasteiger partial charge is 0.270 e. The number of anilines is 1. The minimum atomic E-state index is -0.950. The number of carbonyl (C=O) groups excluding carboxylic acids is 1. The number of halogens is 2. The van der Waals surface area contributed by atoms with E-state index in [1.54, 1.807) is 68.4 Å². The third-order valence-electron chi connectivity index (χ3n) is 5.84. The van der Waals surface area contributed by atoms with Gasteiger partial charge >= 0.3 is 0 Å². The van der Waals surface area contributed by atoms with Crippen molar-refractivity contribution >= 4 is 34.2 Å². The van der Waals surface area contributed by atoms with Crippen molar-refractivity contribution in [3.63, 3.8) is 0 Å². The maximum Gasteiger partial charge on any atom is 0.270 e. The lowest BCUT2D eigenvalue weighted by Crippen LogP contribution is -2.39. The predicted octanol–water partition coefficient (Wildman–Crippen LogP) is 4.25. The van der Waals surface area contributed by atoms with Crippen LogP contribution in [0.25, 0.3) is 10.9 Å². The summed E-state index contributed by atoms with van der Waals surface area (Å²) in [7, 11) is 1.76. The quantitative estimate of drug-likeness (QED) is 0.353. The summed E-state index contributed by atoms with van der Waals surface area (Å²) in [5, 5.41) is 21.2. The molecule has 0 bridgehead atoms. The summed E-state index contributed by atoms with van der Waals surface area (Å²) in [5.41, 5.74) is 1.00. The van der Waals surface area contributed by atoms with E-state index in [0.717, 1.165) is 5.39 Å². The molecule has 0 aliphatic carbocycles. The molecule has 2 atom stereocenters. The summed E-state index contributed by atoms with van der Waals surface area (Å²) >= 11 is 5.85. The van der Waals surface area contributed by atoms with Crippen molar-refractivity contribution in [2.45, 2.75) is 38.5 Å². The highest BCUT2D eigenvalue weighted by Gasteiger charge is 2.23.